The molecule has 0 unspecified atom stereocenters. The lowest BCUT2D eigenvalue weighted by Gasteiger charge is -2.09. The van der Waals surface area contributed by atoms with E-state index >= 15 is 0 Å². The summed E-state index contributed by atoms with van der Waals surface area (Å²) >= 11 is 3.08. The number of aryl methyl sites for hydroxylation is 1. The first-order chi connectivity index (χ1) is 13.1. The van der Waals surface area contributed by atoms with Gasteiger partial charge in [0.05, 0.1) is 16.7 Å². The highest BCUT2D eigenvalue weighted by atomic mass is 32.2. The summed E-state index contributed by atoms with van der Waals surface area (Å²) in [5, 5.41) is 6.25. The van der Waals surface area contributed by atoms with E-state index < -0.39 is 0 Å². The minimum absolute atomic E-state index is 0.107. The highest BCUT2D eigenvalue weighted by molar-refractivity contribution is 7.98. The number of aromatic nitrogens is 3. The molecule has 0 radical (unpaired) electrons. The Labute approximate surface area is 165 Å². The molecule has 5 nitrogen and oxygen atoms in total. The van der Waals surface area contributed by atoms with E-state index in [1.165, 1.54) is 23.8 Å². The summed E-state index contributed by atoms with van der Waals surface area (Å²) in [6.07, 6.45) is 0. The number of hydrogen-bond donors (Lipinski definition) is 1. The van der Waals surface area contributed by atoms with Crippen LogP contribution >= 0.6 is 23.1 Å². The van der Waals surface area contributed by atoms with Crippen LogP contribution < -0.4 is 5.32 Å². The van der Waals surface area contributed by atoms with Crippen LogP contribution in [0, 0.1) is 6.92 Å². The number of nitrogens with zero attached hydrogens (tertiary/aromatic N) is 3. The number of para-hydroxylation sites is 2. The molecule has 0 saturated carbocycles. The maximum Gasteiger partial charge on any atom is 0.223 e. The molecule has 0 aliphatic heterocycles. The molecule has 2 heterocycles. The molecule has 1 N–H and O–H groups in total. The van der Waals surface area contributed by atoms with Crippen molar-refractivity contribution in [3.05, 3.63) is 65.2 Å². The first-order valence-corrected chi connectivity index (χ1v) is 10.4. The predicted octanol–water partition coefficient (Wildman–Crippen LogP) is 5.04. The Balaban J connectivity index is 1.65. The topological polar surface area (TPSA) is 59.8 Å². The molecule has 0 aliphatic carbocycles. The third kappa shape index (κ3) is 3.89. The molecule has 0 saturated heterocycles. The van der Waals surface area contributed by atoms with Crippen LogP contribution in [0.3, 0.4) is 0 Å². The van der Waals surface area contributed by atoms with Crippen molar-refractivity contribution in [3.63, 3.8) is 0 Å². The fraction of sp³-hybridized carbons (Fsp3) is 0.150. The lowest BCUT2D eigenvalue weighted by Crippen LogP contribution is -2.05. The Hall–Kier alpha value is -2.64. The number of carbonyl (C=O) groups is 1. The summed E-state index contributed by atoms with van der Waals surface area (Å²) in [6.45, 7) is 3.57. The number of thiazole rings is 1. The molecule has 2 aromatic heterocycles. The van der Waals surface area contributed by atoms with Crippen molar-refractivity contribution in [2.45, 2.75) is 24.8 Å². The van der Waals surface area contributed by atoms with E-state index in [9.17, 15) is 4.79 Å². The third-order valence-electron chi connectivity index (χ3n) is 4.01. The highest BCUT2D eigenvalue weighted by Gasteiger charge is 2.14. The van der Waals surface area contributed by atoms with Crippen LogP contribution in [0.2, 0.25) is 0 Å². The zero-order valence-electron chi connectivity index (χ0n) is 15.0. The number of amides is 1. The smallest absolute Gasteiger partial charge is 0.223 e. The van der Waals surface area contributed by atoms with E-state index in [0.717, 1.165) is 27.6 Å². The number of thioether (sulfide) groups is 1. The van der Waals surface area contributed by atoms with Crippen molar-refractivity contribution < 1.29 is 4.79 Å². The monoisotopic (exact) mass is 394 g/mol. The Kier molecular flexibility index (Phi) is 4.96. The molecule has 0 fully saturated rings. The molecular formula is C20H18N4OS2. The normalized spacial score (nSPS) is 11.0. The largest absolute Gasteiger partial charge is 0.302 e. The van der Waals surface area contributed by atoms with E-state index in [1.54, 1.807) is 11.8 Å². The Morgan fingerprint density at radius 2 is 1.93 bits per heavy atom. The second-order valence-electron chi connectivity index (χ2n) is 6.17. The van der Waals surface area contributed by atoms with Gasteiger partial charge in [0.25, 0.3) is 0 Å². The van der Waals surface area contributed by atoms with Gasteiger partial charge in [-0.15, -0.1) is 11.3 Å². The van der Waals surface area contributed by atoms with Crippen LogP contribution in [0.25, 0.3) is 16.7 Å². The van der Waals surface area contributed by atoms with Gasteiger partial charge in [-0.2, -0.15) is 0 Å². The number of hydrogen-bond acceptors (Lipinski definition) is 5. The van der Waals surface area contributed by atoms with Crippen molar-refractivity contribution in [1.29, 1.82) is 0 Å². The van der Waals surface area contributed by atoms with E-state index in [2.05, 4.69) is 52.1 Å². The van der Waals surface area contributed by atoms with Gasteiger partial charge in [0, 0.05) is 23.7 Å². The highest BCUT2D eigenvalue weighted by Crippen LogP contribution is 2.30. The minimum Gasteiger partial charge on any atom is -0.302 e. The SMILES string of the molecule is CC(=O)Nc1nc(CSc2nc3ccccc3n2-c2ccc(C)cc2)cs1. The first kappa shape index (κ1) is 17.8. The van der Waals surface area contributed by atoms with Crippen molar-refractivity contribution in [1.82, 2.24) is 14.5 Å². The zero-order valence-corrected chi connectivity index (χ0v) is 16.6. The predicted molar refractivity (Wildman–Crippen MR) is 112 cm³/mol. The average molecular weight is 395 g/mol. The van der Waals surface area contributed by atoms with Crippen LogP contribution in [-0.4, -0.2) is 20.4 Å². The summed E-state index contributed by atoms with van der Waals surface area (Å²) in [4.78, 5) is 20.4. The van der Waals surface area contributed by atoms with Crippen LogP contribution in [0.4, 0.5) is 5.13 Å². The molecule has 27 heavy (non-hydrogen) atoms. The molecular weight excluding hydrogens is 376 g/mol. The molecule has 1 amide bonds. The van der Waals surface area contributed by atoms with Crippen LogP contribution in [0.5, 0.6) is 0 Å². The summed E-state index contributed by atoms with van der Waals surface area (Å²) in [6, 6.07) is 16.6. The Morgan fingerprint density at radius 3 is 2.70 bits per heavy atom. The van der Waals surface area contributed by atoms with Gasteiger partial charge in [0.1, 0.15) is 0 Å². The Morgan fingerprint density at radius 1 is 1.15 bits per heavy atom. The number of carbonyl (C=O) groups excluding carboxylic acids is 1. The van der Waals surface area contributed by atoms with Crippen LogP contribution in [0.15, 0.2) is 59.1 Å². The minimum atomic E-state index is -0.107. The average Bonchev–Trinajstić information content (AvgIpc) is 3.24. The maximum absolute atomic E-state index is 11.2. The number of anilines is 1. The van der Waals surface area contributed by atoms with Gasteiger partial charge in [-0.05, 0) is 31.2 Å². The van der Waals surface area contributed by atoms with E-state index in [1.807, 2.05) is 23.6 Å². The van der Waals surface area contributed by atoms with E-state index in [0.29, 0.717) is 10.9 Å². The third-order valence-corrected chi connectivity index (χ3v) is 5.78. The van der Waals surface area contributed by atoms with Gasteiger partial charge in [-0.1, -0.05) is 41.6 Å². The fourth-order valence-electron chi connectivity index (χ4n) is 2.76. The second-order valence-corrected chi connectivity index (χ2v) is 7.97. The number of fused-ring (bicyclic) bond motifs is 1. The molecule has 0 aliphatic rings. The molecule has 136 valence electrons. The second kappa shape index (κ2) is 7.54. The van der Waals surface area contributed by atoms with Crippen LogP contribution in [0.1, 0.15) is 18.2 Å². The number of benzene rings is 2. The fourth-order valence-corrected chi connectivity index (χ4v) is 4.55. The molecule has 4 rings (SSSR count). The van der Waals surface area contributed by atoms with Crippen molar-refractivity contribution in [3.8, 4) is 5.69 Å². The zero-order chi connectivity index (χ0) is 18.8. The van der Waals surface area contributed by atoms with E-state index in [4.69, 9.17) is 4.98 Å². The van der Waals surface area contributed by atoms with Crippen molar-refractivity contribution in [2.24, 2.45) is 0 Å². The molecule has 0 atom stereocenters. The molecule has 2 aromatic carbocycles. The van der Waals surface area contributed by atoms with Crippen LogP contribution in [-0.2, 0) is 10.5 Å². The number of imidazole rings is 1. The molecule has 7 heteroatoms. The Bertz CT molecular complexity index is 1100. The van der Waals surface area contributed by atoms with E-state index in [-0.39, 0.29) is 5.91 Å². The molecule has 4 aromatic rings. The van der Waals surface area contributed by atoms with Gasteiger partial charge < -0.3 is 5.32 Å². The van der Waals surface area contributed by atoms with Gasteiger partial charge in [0.15, 0.2) is 10.3 Å². The summed E-state index contributed by atoms with van der Waals surface area (Å²) < 4.78 is 2.18. The summed E-state index contributed by atoms with van der Waals surface area (Å²) in [5.41, 5.74) is 5.30. The van der Waals surface area contributed by atoms with Gasteiger partial charge in [-0.3, -0.25) is 9.36 Å². The standard InChI is InChI=1S/C20H18N4OS2/c1-13-7-9-16(10-8-13)24-18-6-4-3-5-17(18)23-20(24)27-12-15-11-26-19(22-15)21-14(2)25/h3-11H,12H2,1-2H3,(H,21,22,25). The lowest BCUT2D eigenvalue weighted by atomic mass is 10.2. The van der Waals surface area contributed by atoms with Crippen molar-refractivity contribution in [2.75, 3.05) is 5.32 Å². The van der Waals surface area contributed by atoms with Gasteiger partial charge in [0.2, 0.25) is 5.91 Å². The number of rotatable bonds is 5. The molecule has 0 bridgehead atoms. The number of nitrogens with one attached hydrogen (secondary N) is 1. The maximum atomic E-state index is 11.2. The van der Waals surface area contributed by atoms with Gasteiger partial charge in [-0.25, -0.2) is 9.97 Å². The quantitative estimate of drug-likeness (QED) is 0.482. The lowest BCUT2D eigenvalue weighted by molar-refractivity contribution is -0.114. The summed E-state index contributed by atoms with van der Waals surface area (Å²) in [7, 11) is 0. The molecule has 0 spiro atoms. The van der Waals surface area contributed by atoms with Crippen molar-refractivity contribution >= 4 is 45.2 Å². The summed E-state index contributed by atoms with van der Waals surface area (Å²) in [5.74, 6) is 0.579. The first-order valence-electron chi connectivity index (χ1n) is 8.49. The van der Waals surface area contributed by atoms with Gasteiger partial charge >= 0.3 is 0 Å².